The van der Waals surface area contributed by atoms with Gasteiger partial charge in [0.1, 0.15) is 36.3 Å². The summed E-state index contributed by atoms with van der Waals surface area (Å²) in [4.78, 5) is 106. The average molecular weight is 896 g/mol. The van der Waals surface area contributed by atoms with E-state index < -0.39 is 84.6 Å². The summed E-state index contributed by atoms with van der Waals surface area (Å²) in [5, 5.41) is 26.1. The second-order valence-corrected chi connectivity index (χ2v) is 18.0. The number of hydrogen-bond donors (Lipinski definition) is 9. The minimum Gasteiger partial charge on any atom is -0.386 e. The molecule has 2 unspecified atom stereocenters. The second kappa shape index (κ2) is 21.2. The van der Waals surface area contributed by atoms with Crippen LogP contribution in [0.5, 0.6) is 0 Å². The smallest absolute Gasteiger partial charge is 0.386 e. The number of nitrogens with zero attached hydrogens (tertiary/aromatic N) is 4. The van der Waals surface area contributed by atoms with Gasteiger partial charge in [-0.15, -0.1) is 0 Å². The van der Waals surface area contributed by atoms with Crippen molar-refractivity contribution in [3.05, 3.63) is 12.7 Å². The van der Waals surface area contributed by atoms with Gasteiger partial charge in [0.15, 0.2) is 34.4 Å². The molecule has 0 aliphatic carbocycles. The van der Waals surface area contributed by atoms with Crippen LogP contribution in [0.2, 0.25) is 0 Å². The highest BCUT2D eigenvalue weighted by molar-refractivity contribution is 8.13. The standard InChI is InChI=1S/C23H38N7O17P3S.C4H6O2/c1-12(31)51-7-6-25-14(32)4-5-26-21(35)18(34)23(2,3)9-44-50(41,42)47-49(39,40)43-8-13-17(46-48(36,37)38)16(33)22(45-13)30-11-29-15-19(24)27-10-28-20(15)30;1-3(5)4(2)6/h10-11,13,16-18,22,33-34H,4-9H2,1-3H3,(H,25,32)(H,26,35)(H,39,40)(H,41,42)(H2,24,27,28)(H2,36,37,38);1-2H3/t13-,16-,17-,18+,22-;/m1./s1. The Bertz CT molecular complexity index is 1900. The number of hydrogen-bond acceptors (Lipinski definition) is 20. The van der Waals surface area contributed by atoms with Crippen molar-refractivity contribution in [3.8, 4) is 0 Å². The van der Waals surface area contributed by atoms with Crippen LogP contribution in [-0.4, -0.2) is 134 Å². The number of anilines is 1. The van der Waals surface area contributed by atoms with Gasteiger partial charge < -0.3 is 50.9 Å². The van der Waals surface area contributed by atoms with E-state index in [0.29, 0.717) is 5.75 Å². The van der Waals surface area contributed by atoms with Crippen LogP contribution in [0, 0.1) is 5.41 Å². The Hall–Kier alpha value is -3.10. The predicted octanol–water partition coefficient (Wildman–Crippen LogP) is -1.15. The van der Waals surface area contributed by atoms with Crippen molar-refractivity contribution in [1.29, 1.82) is 0 Å². The van der Waals surface area contributed by atoms with Gasteiger partial charge in [-0.1, -0.05) is 25.6 Å². The van der Waals surface area contributed by atoms with E-state index in [1.165, 1.54) is 34.6 Å². The molecule has 7 atom stereocenters. The quantitative estimate of drug-likeness (QED) is 0.0430. The highest BCUT2D eigenvalue weighted by Gasteiger charge is 2.50. The molecule has 1 saturated heterocycles. The first-order chi connectivity index (χ1) is 26.2. The van der Waals surface area contributed by atoms with Crippen LogP contribution in [0.15, 0.2) is 12.7 Å². The first kappa shape index (κ1) is 50.0. The Kier molecular flexibility index (Phi) is 18.7. The number of thioether (sulfide) groups is 1. The van der Waals surface area contributed by atoms with Gasteiger partial charge in [-0.3, -0.25) is 42.1 Å². The summed E-state index contributed by atoms with van der Waals surface area (Å²) >= 11 is 1.03. The van der Waals surface area contributed by atoms with Gasteiger partial charge >= 0.3 is 23.5 Å². The van der Waals surface area contributed by atoms with Crippen molar-refractivity contribution in [2.75, 3.05) is 37.8 Å². The molecule has 30 heteroatoms. The van der Waals surface area contributed by atoms with E-state index in [2.05, 4.69) is 34.4 Å². The number of phosphoric ester groups is 3. The van der Waals surface area contributed by atoms with Gasteiger partial charge in [0.25, 0.3) is 0 Å². The number of phosphoric acid groups is 3. The molecule has 1 aliphatic rings. The first-order valence-corrected chi connectivity index (χ1v) is 21.7. The monoisotopic (exact) mass is 895 g/mol. The fraction of sp³-hybridized carbons (Fsp3) is 0.630. The third-order valence-electron chi connectivity index (χ3n) is 7.30. The summed E-state index contributed by atoms with van der Waals surface area (Å²) in [6, 6.07) is 0. The number of fused-ring (bicyclic) bond motifs is 1. The Morgan fingerprint density at radius 3 is 2.18 bits per heavy atom. The Labute approximate surface area is 328 Å². The van der Waals surface area contributed by atoms with E-state index in [1.54, 1.807) is 0 Å². The van der Waals surface area contributed by atoms with Gasteiger partial charge in [0.2, 0.25) is 11.8 Å². The SMILES string of the molecule is CC(=O)C(C)=O.CC(=O)SCCNC(=O)CCNC(=O)[C@H](O)C(C)(C)COP(=O)(O)OP(=O)(O)OC[C@H]1O[C@@H](n2cnc3c(N)ncnc32)[C@H](O)[C@@H]1OP(=O)(O)O. The highest BCUT2D eigenvalue weighted by Crippen LogP contribution is 2.61. The largest absolute Gasteiger partial charge is 0.481 e. The van der Waals surface area contributed by atoms with Crippen LogP contribution >= 0.6 is 35.2 Å². The van der Waals surface area contributed by atoms with Crippen LogP contribution in [0.1, 0.15) is 47.3 Å². The Morgan fingerprint density at radius 1 is 0.982 bits per heavy atom. The van der Waals surface area contributed by atoms with Gasteiger partial charge in [-0.25, -0.2) is 28.6 Å². The summed E-state index contributed by atoms with van der Waals surface area (Å²) < 4.78 is 61.8. The topological polar surface area (TPSA) is 398 Å². The molecule has 1 fully saturated rings. The number of carbonyl (C=O) groups is 5. The van der Waals surface area contributed by atoms with E-state index in [1.807, 2.05) is 0 Å². The molecule has 10 N–H and O–H groups in total. The number of aromatic nitrogens is 4. The number of amides is 2. The third-order valence-corrected chi connectivity index (χ3v) is 11.2. The molecule has 0 spiro atoms. The minimum atomic E-state index is -5.56. The number of nitrogens with one attached hydrogen (secondary N) is 2. The molecule has 0 bridgehead atoms. The molecule has 57 heavy (non-hydrogen) atoms. The van der Waals surface area contributed by atoms with E-state index >= 15 is 0 Å². The van der Waals surface area contributed by atoms with E-state index in [-0.39, 0.29) is 53.2 Å². The fourth-order valence-electron chi connectivity index (χ4n) is 4.32. The van der Waals surface area contributed by atoms with Crippen molar-refractivity contribution in [3.63, 3.8) is 0 Å². The second-order valence-electron chi connectivity index (χ2n) is 12.5. The Balaban J connectivity index is 0.00000173. The summed E-state index contributed by atoms with van der Waals surface area (Å²) in [6.07, 6.45) is -6.88. The van der Waals surface area contributed by atoms with Gasteiger partial charge in [-0.05, 0) is 0 Å². The van der Waals surface area contributed by atoms with E-state index in [9.17, 15) is 67.5 Å². The zero-order valence-corrected chi connectivity index (χ0v) is 34.4. The number of carbonyl (C=O) groups excluding carboxylic acids is 5. The summed E-state index contributed by atoms with van der Waals surface area (Å²) in [5.41, 5.74) is 4.26. The van der Waals surface area contributed by atoms with Crippen molar-refractivity contribution in [2.24, 2.45) is 5.41 Å². The molecule has 1 aliphatic heterocycles. The number of nitrogen functional groups attached to an aromatic ring is 1. The molecule has 0 aromatic carbocycles. The fourth-order valence-corrected chi connectivity index (χ4v) is 7.65. The zero-order valence-electron chi connectivity index (χ0n) is 30.9. The number of ether oxygens (including phenoxy) is 1. The van der Waals surface area contributed by atoms with Gasteiger partial charge in [0.05, 0.1) is 19.5 Å². The van der Waals surface area contributed by atoms with E-state index in [0.717, 1.165) is 29.0 Å². The lowest BCUT2D eigenvalue weighted by Crippen LogP contribution is -2.46. The number of rotatable bonds is 20. The number of imidazole rings is 1. The van der Waals surface area contributed by atoms with Gasteiger partial charge in [0, 0.05) is 51.4 Å². The molecule has 3 heterocycles. The highest BCUT2D eigenvalue weighted by atomic mass is 32.2. The Morgan fingerprint density at radius 2 is 1.60 bits per heavy atom. The molecular formula is C27H44N7O19P3S. The van der Waals surface area contributed by atoms with Crippen LogP contribution in [-0.2, 0) is 60.3 Å². The molecule has 3 rings (SSSR count). The number of aliphatic hydroxyl groups excluding tert-OH is 2. The minimum absolute atomic E-state index is 0.0310. The lowest BCUT2D eigenvalue weighted by atomic mass is 9.87. The molecule has 0 saturated carbocycles. The number of Topliss-reactive ketones (excluding diaryl/α,β-unsaturated/α-hetero) is 2. The molecule has 322 valence electrons. The molecule has 2 amide bonds. The zero-order chi connectivity index (χ0) is 43.5. The third kappa shape index (κ3) is 16.6. The van der Waals surface area contributed by atoms with E-state index in [4.69, 9.17) is 19.5 Å². The normalized spacial score (nSPS) is 21.0. The molecule has 0 radical (unpaired) electrons. The lowest BCUT2D eigenvalue weighted by Gasteiger charge is -2.30. The number of aliphatic hydroxyl groups is 2. The van der Waals surface area contributed by atoms with Crippen molar-refractivity contribution in [2.45, 2.75) is 71.7 Å². The molecular weight excluding hydrogens is 851 g/mol. The number of nitrogens with two attached hydrogens (primary N) is 1. The molecule has 2 aromatic heterocycles. The van der Waals surface area contributed by atoms with Crippen molar-refractivity contribution in [1.82, 2.24) is 30.2 Å². The molecule has 2 aromatic rings. The van der Waals surface area contributed by atoms with Crippen LogP contribution in [0.3, 0.4) is 0 Å². The summed E-state index contributed by atoms with van der Waals surface area (Å²) in [7, 11) is -16.4. The first-order valence-electron chi connectivity index (χ1n) is 16.2. The summed E-state index contributed by atoms with van der Waals surface area (Å²) in [6.45, 7) is 4.41. The maximum atomic E-state index is 12.6. The molecule has 26 nitrogen and oxygen atoms in total. The average Bonchev–Trinajstić information content (AvgIpc) is 3.64. The maximum absolute atomic E-state index is 12.6. The number of ketones is 2. The van der Waals surface area contributed by atoms with Crippen LogP contribution < -0.4 is 16.4 Å². The summed E-state index contributed by atoms with van der Waals surface area (Å²) in [5.74, 6) is -1.84. The lowest BCUT2D eigenvalue weighted by molar-refractivity contribution is -0.137. The predicted molar refractivity (Wildman–Crippen MR) is 194 cm³/mol. The van der Waals surface area contributed by atoms with Crippen LogP contribution in [0.25, 0.3) is 11.2 Å². The van der Waals surface area contributed by atoms with Crippen LogP contribution in [0.4, 0.5) is 5.82 Å². The van der Waals surface area contributed by atoms with Gasteiger partial charge in [-0.2, -0.15) is 4.31 Å². The maximum Gasteiger partial charge on any atom is 0.481 e. The van der Waals surface area contributed by atoms with Crippen molar-refractivity contribution >= 4 is 80.7 Å². The van der Waals surface area contributed by atoms with Crippen molar-refractivity contribution < 1.29 is 90.1 Å².